The number of nitrogens with one attached hydrogen (secondary N) is 1. The van der Waals surface area contributed by atoms with Crippen LogP contribution in [0.2, 0.25) is 5.15 Å². The van der Waals surface area contributed by atoms with Crippen molar-refractivity contribution in [1.82, 2.24) is 10.2 Å². The van der Waals surface area contributed by atoms with E-state index in [4.69, 9.17) is 11.6 Å². The molecule has 0 amide bonds. The van der Waals surface area contributed by atoms with Gasteiger partial charge in [0.25, 0.3) is 5.92 Å². The van der Waals surface area contributed by atoms with Gasteiger partial charge >= 0.3 is 0 Å². The molecule has 1 aliphatic carbocycles. The predicted molar refractivity (Wildman–Crippen MR) is 53.6 cm³/mol. The molecule has 2 rings (SSSR count). The van der Waals surface area contributed by atoms with E-state index in [0.29, 0.717) is 5.82 Å². The Balaban J connectivity index is 1.84. The zero-order chi connectivity index (χ0) is 11.8. The van der Waals surface area contributed by atoms with Gasteiger partial charge in [0.15, 0.2) is 10.9 Å². The van der Waals surface area contributed by atoms with Gasteiger partial charge in [0, 0.05) is 6.42 Å². The standard InChI is InChI=1S/C9H8ClF2N3O/c10-7-1-2-8(15-14-7)13-4-6(16)5-3-9(5,11)12/h1-2,5H,3-4H2,(H,13,15). The fraction of sp³-hybridized carbons (Fsp3) is 0.444. The molecule has 1 atom stereocenters. The summed E-state index contributed by atoms with van der Waals surface area (Å²) in [6, 6.07) is 3.01. The number of Topliss-reactive ketones (excluding diaryl/α,β-unsaturated/α-hetero) is 1. The smallest absolute Gasteiger partial charge is 0.258 e. The van der Waals surface area contributed by atoms with Crippen molar-refractivity contribution in [3.8, 4) is 0 Å². The molecule has 0 radical (unpaired) electrons. The summed E-state index contributed by atoms with van der Waals surface area (Å²) in [5.41, 5.74) is 0. The summed E-state index contributed by atoms with van der Waals surface area (Å²) in [5.74, 6) is -4.13. The Hall–Kier alpha value is -1.30. The van der Waals surface area contributed by atoms with Gasteiger partial charge in [0.1, 0.15) is 5.82 Å². The van der Waals surface area contributed by atoms with Crippen molar-refractivity contribution >= 4 is 23.2 Å². The van der Waals surface area contributed by atoms with Gasteiger partial charge in [0.05, 0.1) is 12.5 Å². The zero-order valence-electron chi connectivity index (χ0n) is 8.08. The summed E-state index contributed by atoms with van der Waals surface area (Å²) in [5, 5.41) is 10.0. The highest BCUT2D eigenvalue weighted by Crippen LogP contribution is 2.48. The second kappa shape index (κ2) is 3.93. The summed E-state index contributed by atoms with van der Waals surface area (Å²) < 4.78 is 25.1. The molecule has 0 aliphatic heterocycles. The highest BCUT2D eigenvalue weighted by Gasteiger charge is 2.60. The maximum Gasteiger partial charge on any atom is 0.258 e. The van der Waals surface area contributed by atoms with Crippen LogP contribution in [-0.4, -0.2) is 28.4 Å². The average molecular weight is 248 g/mol. The third kappa shape index (κ3) is 2.44. The van der Waals surface area contributed by atoms with Crippen molar-refractivity contribution in [2.24, 2.45) is 5.92 Å². The van der Waals surface area contributed by atoms with Gasteiger partial charge in [-0.3, -0.25) is 4.79 Å². The number of ketones is 1. The molecule has 1 aromatic heterocycles. The zero-order valence-corrected chi connectivity index (χ0v) is 8.84. The lowest BCUT2D eigenvalue weighted by Gasteiger charge is -2.03. The van der Waals surface area contributed by atoms with Crippen molar-refractivity contribution in [1.29, 1.82) is 0 Å². The Bertz CT molecular complexity index is 410. The van der Waals surface area contributed by atoms with Crippen LogP contribution >= 0.6 is 11.6 Å². The van der Waals surface area contributed by atoms with Crippen LogP contribution in [0.15, 0.2) is 12.1 Å². The average Bonchev–Trinajstić information content (AvgIpc) is 2.87. The molecule has 1 aliphatic rings. The Morgan fingerprint density at radius 3 is 2.75 bits per heavy atom. The summed E-state index contributed by atoms with van der Waals surface area (Å²) >= 11 is 5.50. The van der Waals surface area contributed by atoms with E-state index in [9.17, 15) is 13.6 Å². The normalized spacial score (nSPS) is 21.6. The number of hydrogen-bond donors (Lipinski definition) is 1. The van der Waals surface area contributed by atoms with Gasteiger partial charge in [-0.25, -0.2) is 8.78 Å². The van der Waals surface area contributed by atoms with Crippen molar-refractivity contribution in [3.63, 3.8) is 0 Å². The first-order valence-corrected chi connectivity index (χ1v) is 5.00. The minimum atomic E-state index is -2.82. The van der Waals surface area contributed by atoms with Crippen LogP contribution in [0.4, 0.5) is 14.6 Å². The third-order valence-corrected chi connectivity index (χ3v) is 2.49. The minimum Gasteiger partial charge on any atom is -0.361 e. The number of aromatic nitrogens is 2. The Morgan fingerprint density at radius 1 is 1.56 bits per heavy atom. The van der Waals surface area contributed by atoms with Gasteiger partial charge in [-0.2, -0.15) is 0 Å². The number of alkyl halides is 2. The van der Waals surface area contributed by atoms with Gasteiger partial charge in [0.2, 0.25) is 0 Å². The molecule has 0 saturated heterocycles. The monoisotopic (exact) mass is 247 g/mol. The molecule has 86 valence electrons. The van der Waals surface area contributed by atoms with Gasteiger partial charge < -0.3 is 5.32 Å². The molecule has 7 heteroatoms. The summed E-state index contributed by atoms with van der Waals surface area (Å²) in [7, 11) is 0. The van der Waals surface area contributed by atoms with Crippen LogP contribution in [0, 0.1) is 5.92 Å². The van der Waals surface area contributed by atoms with E-state index in [2.05, 4.69) is 15.5 Å². The van der Waals surface area contributed by atoms with E-state index >= 15 is 0 Å². The Kier molecular flexibility index (Phi) is 2.75. The second-order valence-electron chi connectivity index (χ2n) is 3.58. The molecular formula is C9H8ClF2N3O. The minimum absolute atomic E-state index is 0.170. The number of nitrogens with zero attached hydrogens (tertiary/aromatic N) is 2. The maximum absolute atomic E-state index is 12.5. The lowest BCUT2D eigenvalue weighted by atomic mass is 10.2. The first kappa shape index (κ1) is 11.2. The van der Waals surface area contributed by atoms with E-state index < -0.39 is 17.6 Å². The van der Waals surface area contributed by atoms with E-state index in [-0.39, 0.29) is 18.1 Å². The topological polar surface area (TPSA) is 54.9 Å². The van der Waals surface area contributed by atoms with Gasteiger partial charge in [-0.1, -0.05) is 11.6 Å². The van der Waals surface area contributed by atoms with Crippen LogP contribution in [0.3, 0.4) is 0 Å². The molecule has 0 aromatic carbocycles. The quantitative estimate of drug-likeness (QED) is 0.881. The van der Waals surface area contributed by atoms with Crippen molar-refractivity contribution < 1.29 is 13.6 Å². The molecule has 4 nitrogen and oxygen atoms in total. The summed E-state index contributed by atoms with van der Waals surface area (Å²) in [6.07, 6.45) is -0.347. The molecule has 1 aromatic rings. The highest BCUT2D eigenvalue weighted by molar-refractivity contribution is 6.29. The summed E-state index contributed by atoms with van der Waals surface area (Å²) in [6.45, 7) is -0.170. The molecule has 1 unspecified atom stereocenters. The molecule has 0 bridgehead atoms. The lowest BCUT2D eigenvalue weighted by molar-refractivity contribution is -0.120. The van der Waals surface area contributed by atoms with E-state index in [0.717, 1.165) is 0 Å². The van der Waals surface area contributed by atoms with Crippen LogP contribution in [-0.2, 0) is 4.79 Å². The first-order valence-electron chi connectivity index (χ1n) is 4.63. The second-order valence-corrected chi connectivity index (χ2v) is 3.97. The maximum atomic E-state index is 12.5. The number of halogens is 3. The molecular weight excluding hydrogens is 240 g/mol. The van der Waals surface area contributed by atoms with E-state index in [1.165, 1.54) is 12.1 Å². The van der Waals surface area contributed by atoms with Crippen LogP contribution in [0.5, 0.6) is 0 Å². The van der Waals surface area contributed by atoms with Gasteiger partial charge in [-0.15, -0.1) is 10.2 Å². The number of carbonyl (C=O) groups is 1. The van der Waals surface area contributed by atoms with Crippen molar-refractivity contribution in [3.05, 3.63) is 17.3 Å². The number of rotatable bonds is 4. The largest absolute Gasteiger partial charge is 0.361 e. The number of hydrogen-bond acceptors (Lipinski definition) is 4. The summed E-state index contributed by atoms with van der Waals surface area (Å²) in [4.78, 5) is 11.2. The number of anilines is 1. The number of carbonyl (C=O) groups excluding carboxylic acids is 1. The van der Waals surface area contributed by atoms with Crippen molar-refractivity contribution in [2.45, 2.75) is 12.3 Å². The third-order valence-electron chi connectivity index (χ3n) is 2.29. The molecule has 1 heterocycles. The molecule has 1 fully saturated rings. The fourth-order valence-corrected chi connectivity index (χ4v) is 1.37. The van der Waals surface area contributed by atoms with E-state index in [1.54, 1.807) is 0 Å². The molecule has 1 saturated carbocycles. The van der Waals surface area contributed by atoms with Crippen LogP contribution in [0.1, 0.15) is 6.42 Å². The predicted octanol–water partition coefficient (Wildman–Crippen LogP) is 1.77. The lowest BCUT2D eigenvalue weighted by Crippen LogP contribution is -2.19. The van der Waals surface area contributed by atoms with Crippen LogP contribution < -0.4 is 5.32 Å². The Labute approximate surface area is 95.0 Å². The fourth-order valence-electron chi connectivity index (χ4n) is 1.27. The van der Waals surface area contributed by atoms with Gasteiger partial charge in [-0.05, 0) is 12.1 Å². The highest BCUT2D eigenvalue weighted by atomic mass is 35.5. The van der Waals surface area contributed by atoms with E-state index in [1.807, 2.05) is 0 Å². The first-order chi connectivity index (χ1) is 7.49. The van der Waals surface area contributed by atoms with Crippen LogP contribution in [0.25, 0.3) is 0 Å². The SMILES string of the molecule is O=C(CNc1ccc(Cl)nn1)C1CC1(F)F. The Morgan fingerprint density at radius 2 is 2.25 bits per heavy atom. The molecule has 0 spiro atoms. The molecule has 1 N–H and O–H groups in total. The molecule has 16 heavy (non-hydrogen) atoms. The van der Waals surface area contributed by atoms with Crippen molar-refractivity contribution in [2.75, 3.05) is 11.9 Å².